The van der Waals surface area contributed by atoms with Gasteiger partial charge < -0.3 is 14.5 Å². The zero-order chi connectivity index (χ0) is 17.3. The van der Waals surface area contributed by atoms with Crippen LogP contribution in [0, 0.1) is 11.7 Å². The smallest absolute Gasteiger partial charge is 0.254 e. The largest absolute Gasteiger partial charge is 0.356 e. The van der Waals surface area contributed by atoms with Gasteiger partial charge in [0.25, 0.3) is 5.91 Å². The van der Waals surface area contributed by atoms with E-state index in [1.54, 1.807) is 19.2 Å². The monoisotopic (exact) mass is 334 g/mol. The lowest BCUT2D eigenvalue weighted by Gasteiger charge is -2.41. The number of hydrogen-bond donors (Lipinski definition) is 0. The van der Waals surface area contributed by atoms with Crippen LogP contribution in [0.2, 0.25) is 0 Å². The molecule has 2 aliphatic rings. The maximum Gasteiger partial charge on any atom is 0.254 e. The Bertz CT molecular complexity index is 636. The van der Waals surface area contributed by atoms with E-state index in [9.17, 15) is 14.0 Å². The number of rotatable bonds is 2. The Kier molecular flexibility index (Phi) is 4.85. The maximum absolute atomic E-state index is 13.6. The third-order valence-corrected chi connectivity index (χ3v) is 4.89. The van der Waals surface area contributed by atoms with Crippen molar-refractivity contribution in [2.24, 2.45) is 5.92 Å². The zero-order valence-electron chi connectivity index (χ0n) is 14.1. The Balaban J connectivity index is 1.88. The highest BCUT2D eigenvalue weighted by molar-refractivity contribution is 5.86. The highest BCUT2D eigenvalue weighted by atomic mass is 19.1. The van der Waals surface area contributed by atoms with Crippen LogP contribution in [0.1, 0.15) is 31.4 Å². The molecular weight excluding hydrogens is 311 g/mol. The summed E-state index contributed by atoms with van der Waals surface area (Å²) in [6, 6.07) is 5.42. The number of morpholine rings is 1. The van der Waals surface area contributed by atoms with E-state index in [0.717, 1.165) is 12.8 Å². The fourth-order valence-corrected chi connectivity index (χ4v) is 3.58. The van der Waals surface area contributed by atoms with E-state index in [-0.39, 0.29) is 18.4 Å². The van der Waals surface area contributed by atoms with Gasteiger partial charge in [-0.25, -0.2) is 4.39 Å². The quantitative estimate of drug-likeness (QED) is 0.831. The number of piperidine rings is 1. The summed E-state index contributed by atoms with van der Waals surface area (Å²) in [4.78, 5) is 28.3. The van der Waals surface area contributed by atoms with Crippen LogP contribution in [-0.2, 0) is 14.3 Å². The van der Waals surface area contributed by atoms with Gasteiger partial charge in [-0.3, -0.25) is 9.59 Å². The summed E-state index contributed by atoms with van der Waals surface area (Å²) < 4.78 is 19.3. The molecule has 0 bridgehead atoms. The topological polar surface area (TPSA) is 49.9 Å². The van der Waals surface area contributed by atoms with Gasteiger partial charge in [0.05, 0.1) is 6.04 Å². The summed E-state index contributed by atoms with van der Waals surface area (Å²) in [7, 11) is 1.64. The van der Waals surface area contributed by atoms with Gasteiger partial charge in [0.2, 0.25) is 5.91 Å². The van der Waals surface area contributed by atoms with E-state index < -0.39 is 18.0 Å². The number of amides is 2. The third-order valence-electron chi connectivity index (χ3n) is 4.89. The van der Waals surface area contributed by atoms with Gasteiger partial charge in [-0.15, -0.1) is 0 Å². The van der Waals surface area contributed by atoms with Crippen molar-refractivity contribution in [3.05, 3.63) is 35.6 Å². The molecule has 2 heterocycles. The van der Waals surface area contributed by atoms with Crippen molar-refractivity contribution in [3.8, 4) is 0 Å². The summed E-state index contributed by atoms with van der Waals surface area (Å²) in [6.07, 6.45) is 1.29. The van der Waals surface area contributed by atoms with Crippen LogP contribution in [0.3, 0.4) is 0 Å². The molecule has 3 rings (SSSR count). The fourth-order valence-electron chi connectivity index (χ4n) is 3.58. The van der Waals surface area contributed by atoms with Crippen molar-refractivity contribution in [2.75, 3.05) is 26.7 Å². The first-order chi connectivity index (χ1) is 11.5. The average Bonchev–Trinajstić information content (AvgIpc) is 2.56. The molecule has 0 spiro atoms. The summed E-state index contributed by atoms with van der Waals surface area (Å²) in [5, 5.41) is 0. The third kappa shape index (κ3) is 3.29. The first kappa shape index (κ1) is 16.9. The number of carbonyl (C=O) groups is 2. The normalized spacial score (nSPS) is 28.1. The van der Waals surface area contributed by atoms with Crippen LogP contribution >= 0.6 is 0 Å². The van der Waals surface area contributed by atoms with Gasteiger partial charge in [0.15, 0.2) is 6.10 Å². The Morgan fingerprint density at radius 3 is 2.88 bits per heavy atom. The van der Waals surface area contributed by atoms with Crippen molar-refractivity contribution in [1.29, 1.82) is 0 Å². The Morgan fingerprint density at radius 2 is 2.17 bits per heavy atom. The maximum atomic E-state index is 13.6. The number of benzene rings is 1. The highest BCUT2D eigenvalue weighted by Gasteiger charge is 2.42. The molecule has 0 aliphatic carbocycles. The molecule has 2 saturated heterocycles. The first-order valence-corrected chi connectivity index (χ1v) is 8.39. The molecular formula is C18H23FN2O3. The number of carbonyl (C=O) groups excluding carboxylic acids is 2. The van der Waals surface area contributed by atoms with Crippen LogP contribution in [0.4, 0.5) is 4.39 Å². The summed E-state index contributed by atoms with van der Waals surface area (Å²) in [6.45, 7) is 3.41. The number of halogens is 1. The zero-order valence-corrected chi connectivity index (χ0v) is 14.1. The molecule has 0 N–H and O–H groups in total. The molecule has 0 saturated carbocycles. The lowest BCUT2D eigenvalue weighted by Crippen LogP contribution is -2.55. The Morgan fingerprint density at radius 1 is 1.38 bits per heavy atom. The lowest BCUT2D eigenvalue weighted by atomic mass is 9.95. The SMILES string of the molecule is CC1CCCN(C(=O)C2OCC(=O)N(C)C2c2cccc(F)c2)C1. The van der Waals surface area contributed by atoms with Gasteiger partial charge in [-0.2, -0.15) is 0 Å². The lowest BCUT2D eigenvalue weighted by molar-refractivity contribution is -0.168. The number of nitrogens with zero attached hydrogens (tertiary/aromatic N) is 2. The van der Waals surface area contributed by atoms with Crippen LogP contribution in [-0.4, -0.2) is 54.5 Å². The Hall–Kier alpha value is -1.95. The van der Waals surface area contributed by atoms with Crippen molar-refractivity contribution in [3.63, 3.8) is 0 Å². The van der Waals surface area contributed by atoms with E-state index in [4.69, 9.17) is 4.74 Å². The molecule has 130 valence electrons. The fraction of sp³-hybridized carbons (Fsp3) is 0.556. The van der Waals surface area contributed by atoms with Gasteiger partial charge in [-0.05, 0) is 36.5 Å². The van der Waals surface area contributed by atoms with Gasteiger partial charge in [0.1, 0.15) is 12.4 Å². The highest BCUT2D eigenvalue weighted by Crippen LogP contribution is 2.31. The molecule has 1 aromatic carbocycles. The minimum absolute atomic E-state index is 0.116. The first-order valence-electron chi connectivity index (χ1n) is 8.39. The molecule has 0 radical (unpaired) electrons. The average molecular weight is 334 g/mol. The van der Waals surface area contributed by atoms with Gasteiger partial charge >= 0.3 is 0 Å². The van der Waals surface area contributed by atoms with Crippen molar-refractivity contribution >= 4 is 11.8 Å². The Labute approximate surface area is 141 Å². The molecule has 1 aromatic rings. The molecule has 0 aromatic heterocycles. The van der Waals surface area contributed by atoms with E-state index >= 15 is 0 Å². The standard InChI is InChI=1S/C18H23FN2O3/c1-12-5-4-8-21(10-12)18(23)17-16(20(2)15(22)11-24-17)13-6-3-7-14(19)9-13/h3,6-7,9,12,16-17H,4-5,8,10-11H2,1-2H3. The van der Waals surface area contributed by atoms with E-state index in [0.29, 0.717) is 24.6 Å². The predicted molar refractivity (Wildman–Crippen MR) is 86.6 cm³/mol. The molecule has 5 nitrogen and oxygen atoms in total. The second kappa shape index (κ2) is 6.89. The van der Waals surface area contributed by atoms with Crippen LogP contribution in [0.15, 0.2) is 24.3 Å². The second-order valence-corrected chi connectivity index (χ2v) is 6.77. The van der Waals surface area contributed by atoms with Crippen LogP contribution in [0.5, 0.6) is 0 Å². The van der Waals surface area contributed by atoms with Gasteiger partial charge in [-0.1, -0.05) is 19.1 Å². The van der Waals surface area contributed by atoms with Crippen molar-refractivity contribution in [2.45, 2.75) is 31.9 Å². The second-order valence-electron chi connectivity index (χ2n) is 6.77. The minimum Gasteiger partial charge on any atom is -0.356 e. The molecule has 3 atom stereocenters. The number of hydrogen-bond acceptors (Lipinski definition) is 3. The van der Waals surface area contributed by atoms with Gasteiger partial charge in [0, 0.05) is 20.1 Å². The molecule has 2 fully saturated rings. The van der Waals surface area contributed by atoms with Crippen LogP contribution < -0.4 is 0 Å². The van der Waals surface area contributed by atoms with Crippen LogP contribution in [0.25, 0.3) is 0 Å². The number of likely N-dealkylation sites (N-methyl/N-ethyl adjacent to an activating group) is 1. The number of likely N-dealkylation sites (tertiary alicyclic amines) is 1. The summed E-state index contributed by atoms with van der Waals surface area (Å²) >= 11 is 0. The molecule has 2 amide bonds. The molecule has 6 heteroatoms. The molecule has 24 heavy (non-hydrogen) atoms. The predicted octanol–water partition coefficient (Wildman–Crippen LogP) is 1.98. The minimum atomic E-state index is -0.792. The van der Waals surface area contributed by atoms with E-state index in [2.05, 4.69) is 6.92 Å². The van der Waals surface area contributed by atoms with E-state index in [1.807, 2.05) is 4.90 Å². The van der Waals surface area contributed by atoms with Crippen molar-refractivity contribution in [1.82, 2.24) is 9.80 Å². The number of ether oxygens (including phenoxy) is 1. The molecule has 3 unspecified atom stereocenters. The summed E-state index contributed by atoms with van der Waals surface area (Å²) in [5.74, 6) is -0.259. The summed E-state index contributed by atoms with van der Waals surface area (Å²) in [5.41, 5.74) is 0.578. The van der Waals surface area contributed by atoms with E-state index in [1.165, 1.54) is 17.0 Å². The van der Waals surface area contributed by atoms with Crippen molar-refractivity contribution < 1.29 is 18.7 Å². The molecule has 2 aliphatic heterocycles.